The van der Waals surface area contributed by atoms with E-state index in [-0.39, 0.29) is 0 Å². The minimum absolute atomic E-state index is 0.711. The van der Waals surface area contributed by atoms with E-state index >= 15 is 0 Å². The van der Waals surface area contributed by atoms with E-state index in [0.29, 0.717) is 6.92 Å². The van der Waals surface area contributed by atoms with E-state index in [1.54, 1.807) is 0 Å². The molecule has 5 nitrogen and oxygen atoms in total. The Balaban J connectivity index is 4.75. The molecule has 7 heteroatoms. The van der Waals surface area contributed by atoms with E-state index in [1.807, 2.05) is 0 Å². The highest BCUT2D eigenvalue weighted by Gasteiger charge is 2.45. The quantitative estimate of drug-likeness (QED) is 0.339. The molecule has 0 aromatic rings. The fourth-order valence-electron chi connectivity index (χ4n) is 0.125. The fourth-order valence-corrected chi connectivity index (χ4v) is 0.765. The highest BCUT2D eigenvalue weighted by Crippen LogP contribution is 2.49. The Morgan fingerprint density at radius 1 is 1.60 bits per heavy atom. The molecule has 0 aromatic heterocycles. The molecule has 0 spiro atoms. The van der Waals surface area contributed by atoms with Crippen LogP contribution in [0, 0.1) is 0 Å². The Bertz CT molecular complexity index is 193. The predicted molar refractivity (Wildman–Crippen MR) is 36.7 cm³/mol. The lowest BCUT2D eigenvalue weighted by Crippen LogP contribution is -2.31. The zero-order valence-corrected chi connectivity index (χ0v) is 6.84. The maximum absolute atomic E-state index is 10.3. The highest BCUT2D eigenvalue weighted by molar-refractivity contribution is 7.97. The second-order valence-corrected chi connectivity index (χ2v) is 4.24. The van der Waals surface area contributed by atoms with E-state index in [2.05, 4.69) is 12.6 Å². The Labute approximate surface area is 62.6 Å². The van der Waals surface area contributed by atoms with Crippen LogP contribution in [0.1, 0.15) is 6.92 Å². The number of hydrogen-bond donors (Lipinski definition) is 4. The van der Waals surface area contributed by atoms with E-state index in [1.165, 1.54) is 0 Å². The summed E-state index contributed by atoms with van der Waals surface area (Å²) in [6.07, 6.45) is 0. The van der Waals surface area contributed by atoms with Crippen LogP contribution in [0.25, 0.3) is 0 Å². The van der Waals surface area contributed by atoms with Crippen LogP contribution < -0.4 is 0 Å². The lowest BCUT2D eigenvalue weighted by atomic mass is 10.4. The van der Waals surface area contributed by atoms with Gasteiger partial charge in [0.2, 0.25) is 10.5 Å². The summed E-state index contributed by atoms with van der Waals surface area (Å²) in [6, 6.07) is 0. The van der Waals surface area contributed by atoms with Crippen LogP contribution in [0.3, 0.4) is 0 Å². The molecule has 0 saturated carbocycles. The number of hydrogen-bond acceptors (Lipinski definition) is 3. The summed E-state index contributed by atoms with van der Waals surface area (Å²) in [5.74, 6) is 0. The largest absolute Gasteiger partial charge is 0.371 e. The Kier molecular flexibility index (Phi) is 2.67. The number of rotatable bonds is 2. The van der Waals surface area contributed by atoms with E-state index in [0.717, 1.165) is 0 Å². The number of thiol groups is 1. The third-order valence-corrected chi connectivity index (χ3v) is 2.92. The average molecular weight is 186 g/mol. The van der Waals surface area contributed by atoms with Crippen molar-refractivity contribution < 1.29 is 24.3 Å². The number of aliphatic hydroxyl groups is 1. The van der Waals surface area contributed by atoms with Crippen LogP contribution >= 0.6 is 20.2 Å². The molecule has 0 bridgehead atoms. The molecular weight excluding hydrogens is 179 g/mol. The molecule has 0 aliphatic rings. The normalized spacial score (nSPS) is 18.1. The van der Waals surface area contributed by atoms with Gasteiger partial charge in [-0.3, -0.25) is 9.36 Å². The van der Waals surface area contributed by atoms with Gasteiger partial charge in [-0.05, 0) is 6.92 Å². The van der Waals surface area contributed by atoms with Crippen molar-refractivity contribution in [3.63, 3.8) is 0 Å². The van der Waals surface area contributed by atoms with Gasteiger partial charge >= 0.3 is 7.60 Å². The summed E-state index contributed by atoms with van der Waals surface area (Å²) in [4.78, 5) is 26.8. The number of carbonyl (C=O) groups is 1. The molecular formula is C3H7O5PS. The summed E-state index contributed by atoms with van der Waals surface area (Å²) in [5.41, 5.74) is 0. The van der Waals surface area contributed by atoms with E-state index < -0.39 is 18.1 Å². The van der Waals surface area contributed by atoms with Crippen molar-refractivity contribution in [2.45, 2.75) is 12.3 Å². The summed E-state index contributed by atoms with van der Waals surface area (Å²) in [7, 11) is -4.80. The molecule has 60 valence electrons. The summed E-state index contributed by atoms with van der Waals surface area (Å²) < 4.78 is 10.3. The molecule has 0 aliphatic carbocycles. The smallest absolute Gasteiger partial charge is 0.365 e. The molecule has 0 saturated heterocycles. The SMILES string of the molecule is CC(O)(C(=O)S)P(=O)(O)O. The first-order valence-electron chi connectivity index (χ1n) is 2.21. The van der Waals surface area contributed by atoms with E-state index in [4.69, 9.17) is 14.9 Å². The third kappa shape index (κ3) is 1.81. The molecule has 3 N–H and O–H groups in total. The standard InChI is InChI=1S/C3H7O5PS/c1-3(5,2(4)10)9(6,7)8/h5H,1H3,(H,4,10)(H2,6,7,8). The topological polar surface area (TPSA) is 94.8 Å². The zero-order chi connectivity index (χ0) is 8.58. The Morgan fingerprint density at radius 3 is 1.90 bits per heavy atom. The van der Waals surface area contributed by atoms with Gasteiger partial charge in [0.25, 0.3) is 0 Å². The average Bonchev–Trinajstić information content (AvgIpc) is 1.62. The first-order chi connectivity index (χ1) is 4.19. The van der Waals surface area contributed by atoms with Gasteiger partial charge in [-0.25, -0.2) is 0 Å². The van der Waals surface area contributed by atoms with Gasteiger partial charge in [0.05, 0.1) is 0 Å². The van der Waals surface area contributed by atoms with Crippen LogP contribution in [0.15, 0.2) is 0 Å². The molecule has 0 rings (SSSR count). The van der Waals surface area contributed by atoms with Crippen molar-refractivity contribution in [2.75, 3.05) is 0 Å². The van der Waals surface area contributed by atoms with Crippen molar-refractivity contribution in [1.82, 2.24) is 0 Å². The molecule has 0 radical (unpaired) electrons. The first-order valence-corrected chi connectivity index (χ1v) is 4.27. The van der Waals surface area contributed by atoms with Crippen LogP contribution in [0.2, 0.25) is 0 Å². The molecule has 0 aromatic carbocycles. The van der Waals surface area contributed by atoms with Crippen LogP contribution in [0.5, 0.6) is 0 Å². The Morgan fingerprint density at radius 2 is 1.90 bits per heavy atom. The first kappa shape index (κ1) is 10.1. The summed E-state index contributed by atoms with van der Waals surface area (Å²) in [5, 5.41) is 4.82. The maximum Gasteiger partial charge on any atom is 0.365 e. The van der Waals surface area contributed by atoms with Gasteiger partial charge in [-0.15, -0.1) is 12.6 Å². The molecule has 1 unspecified atom stereocenters. The van der Waals surface area contributed by atoms with Gasteiger partial charge in [0.15, 0.2) is 0 Å². The Hall–Kier alpha value is 0.130. The maximum atomic E-state index is 10.3. The lowest BCUT2D eigenvalue weighted by Gasteiger charge is -2.19. The van der Waals surface area contributed by atoms with Gasteiger partial charge in [-0.2, -0.15) is 0 Å². The van der Waals surface area contributed by atoms with Crippen molar-refractivity contribution >= 4 is 25.3 Å². The van der Waals surface area contributed by atoms with Crippen molar-refractivity contribution in [2.24, 2.45) is 0 Å². The van der Waals surface area contributed by atoms with E-state index in [9.17, 15) is 9.36 Å². The van der Waals surface area contributed by atoms with Crippen molar-refractivity contribution in [1.29, 1.82) is 0 Å². The third-order valence-electron chi connectivity index (χ3n) is 0.972. The molecule has 10 heavy (non-hydrogen) atoms. The fraction of sp³-hybridized carbons (Fsp3) is 0.667. The molecule has 0 heterocycles. The predicted octanol–water partition coefficient (Wildman–Crippen LogP) is -0.671. The van der Waals surface area contributed by atoms with Crippen LogP contribution in [0.4, 0.5) is 0 Å². The lowest BCUT2D eigenvalue weighted by molar-refractivity contribution is -0.120. The van der Waals surface area contributed by atoms with Gasteiger partial charge < -0.3 is 14.9 Å². The van der Waals surface area contributed by atoms with Crippen LogP contribution in [-0.4, -0.2) is 25.4 Å². The summed E-state index contributed by atoms with van der Waals surface area (Å²) in [6.45, 7) is 0.711. The minimum Gasteiger partial charge on any atom is -0.371 e. The minimum atomic E-state index is -4.80. The van der Waals surface area contributed by atoms with Gasteiger partial charge in [0, 0.05) is 0 Å². The molecule has 1 atom stereocenters. The second kappa shape index (κ2) is 2.64. The molecule has 0 aliphatic heterocycles. The summed E-state index contributed by atoms with van der Waals surface area (Å²) >= 11 is 3.09. The molecule has 0 amide bonds. The molecule has 0 fully saturated rings. The zero-order valence-electron chi connectivity index (χ0n) is 5.05. The van der Waals surface area contributed by atoms with Crippen molar-refractivity contribution in [3.05, 3.63) is 0 Å². The van der Waals surface area contributed by atoms with Gasteiger partial charge in [0.1, 0.15) is 0 Å². The second-order valence-electron chi connectivity index (χ2n) is 1.87. The monoisotopic (exact) mass is 186 g/mol. The van der Waals surface area contributed by atoms with Crippen LogP contribution in [-0.2, 0) is 9.36 Å². The van der Waals surface area contributed by atoms with Gasteiger partial charge in [-0.1, -0.05) is 0 Å². The number of carbonyl (C=O) groups excluding carboxylic acids is 1. The van der Waals surface area contributed by atoms with Crippen molar-refractivity contribution in [3.8, 4) is 0 Å². The highest BCUT2D eigenvalue weighted by atomic mass is 32.1.